The Balaban J connectivity index is 1.93. The summed E-state index contributed by atoms with van der Waals surface area (Å²) in [5, 5.41) is 10.1. The van der Waals surface area contributed by atoms with Crippen molar-refractivity contribution in [3.63, 3.8) is 0 Å². The van der Waals surface area contributed by atoms with Gasteiger partial charge >= 0.3 is 0 Å². The van der Waals surface area contributed by atoms with Gasteiger partial charge in [-0.15, -0.1) is 5.10 Å². The highest BCUT2D eigenvalue weighted by Gasteiger charge is 2.08. The van der Waals surface area contributed by atoms with E-state index >= 15 is 0 Å². The molecule has 0 saturated carbocycles. The van der Waals surface area contributed by atoms with Gasteiger partial charge in [-0.2, -0.15) is 0 Å². The number of ether oxygens (including phenoxy) is 1. The fraction of sp³-hybridized carbons (Fsp3) is 0.462. The van der Waals surface area contributed by atoms with E-state index in [9.17, 15) is 0 Å². The molecule has 0 atom stereocenters. The van der Waals surface area contributed by atoms with E-state index in [0.717, 1.165) is 30.3 Å². The minimum atomic E-state index is 0.400. The number of rotatable bonds is 6. The minimum Gasteiger partial charge on any atom is -0.468 e. The molecule has 0 unspecified atom stereocenters. The predicted molar refractivity (Wildman–Crippen MR) is 68.5 cm³/mol. The Bertz CT molecular complexity index is 502. The zero-order valence-corrected chi connectivity index (χ0v) is 11.0. The zero-order valence-electron chi connectivity index (χ0n) is 11.0. The van der Waals surface area contributed by atoms with Crippen molar-refractivity contribution in [2.24, 2.45) is 0 Å². The van der Waals surface area contributed by atoms with Gasteiger partial charge in [-0.1, -0.05) is 6.92 Å². The summed E-state index contributed by atoms with van der Waals surface area (Å²) in [5.41, 5.74) is 2.15. The molecule has 2 aromatic rings. The lowest BCUT2D eigenvalue weighted by Gasteiger charge is -1.98. The highest BCUT2D eigenvalue weighted by atomic mass is 16.5. The van der Waals surface area contributed by atoms with Crippen LogP contribution in [0.15, 0.2) is 16.5 Å². The Hall–Kier alpha value is -1.75. The van der Waals surface area contributed by atoms with Crippen LogP contribution < -0.4 is 10.1 Å². The molecule has 18 heavy (non-hydrogen) atoms. The molecule has 0 spiro atoms. The van der Waals surface area contributed by atoms with Crippen LogP contribution in [0, 0.1) is 13.8 Å². The molecule has 98 valence electrons. The molecule has 0 aromatic carbocycles. The van der Waals surface area contributed by atoms with Crippen LogP contribution in [0.4, 0.5) is 0 Å². The maximum atomic E-state index is 5.64. The fourth-order valence-corrected chi connectivity index (χ4v) is 1.71. The first-order valence-electron chi connectivity index (χ1n) is 6.12. The third-order valence-electron chi connectivity index (χ3n) is 2.68. The van der Waals surface area contributed by atoms with Gasteiger partial charge in [0.15, 0.2) is 0 Å². The Morgan fingerprint density at radius 2 is 2.22 bits per heavy atom. The second kappa shape index (κ2) is 5.73. The lowest BCUT2D eigenvalue weighted by atomic mass is 10.2. The first-order chi connectivity index (χ1) is 8.69. The number of hydrogen-bond acceptors (Lipinski definition) is 4. The van der Waals surface area contributed by atoms with E-state index in [4.69, 9.17) is 9.15 Å². The van der Waals surface area contributed by atoms with Crippen molar-refractivity contribution in [1.29, 1.82) is 0 Å². The Labute approximate surface area is 107 Å². The van der Waals surface area contributed by atoms with Crippen LogP contribution in [0.3, 0.4) is 0 Å². The highest BCUT2D eigenvalue weighted by Crippen LogP contribution is 2.16. The van der Waals surface area contributed by atoms with E-state index in [0.29, 0.717) is 12.5 Å². The molecule has 0 amide bonds. The summed E-state index contributed by atoms with van der Waals surface area (Å²) in [6, 6.07) is 3.88. The van der Waals surface area contributed by atoms with Gasteiger partial charge in [0.2, 0.25) is 5.88 Å². The molecule has 5 nitrogen and oxygen atoms in total. The van der Waals surface area contributed by atoms with Crippen LogP contribution in [0.1, 0.15) is 29.7 Å². The molecular weight excluding hydrogens is 230 g/mol. The third kappa shape index (κ3) is 3.13. The van der Waals surface area contributed by atoms with Crippen LogP contribution in [0.25, 0.3) is 0 Å². The fourth-order valence-electron chi connectivity index (χ4n) is 1.71. The topological polar surface area (TPSA) is 63.1 Å². The zero-order chi connectivity index (χ0) is 13.0. The lowest BCUT2D eigenvalue weighted by Crippen LogP contribution is -2.11. The molecule has 2 N–H and O–H groups in total. The van der Waals surface area contributed by atoms with Gasteiger partial charge in [-0.05, 0) is 26.5 Å². The van der Waals surface area contributed by atoms with Crippen LogP contribution in [-0.2, 0) is 13.2 Å². The van der Waals surface area contributed by atoms with Crippen molar-refractivity contribution in [2.75, 3.05) is 6.54 Å². The molecule has 5 heteroatoms. The molecule has 0 saturated heterocycles. The van der Waals surface area contributed by atoms with Gasteiger partial charge in [0.05, 0.1) is 0 Å². The van der Waals surface area contributed by atoms with Crippen LogP contribution in [0.5, 0.6) is 5.88 Å². The van der Waals surface area contributed by atoms with Crippen molar-refractivity contribution < 1.29 is 9.15 Å². The molecule has 2 rings (SSSR count). The molecule has 2 aromatic heterocycles. The summed E-state index contributed by atoms with van der Waals surface area (Å²) >= 11 is 0. The SMILES string of the molecule is CCNCc1cc(COc2cc(C)[nH]n2)oc1C. The number of aromatic nitrogens is 2. The van der Waals surface area contributed by atoms with Gasteiger partial charge in [0, 0.05) is 23.9 Å². The maximum absolute atomic E-state index is 5.64. The van der Waals surface area contributed by atoms with E-state index in [1.165, 1.54) is 5.56 Å². The molecule has 0 aliphatic rings. The Morgan fingerprint density at radius 1 is 1.39 bits per heavy atom. The largest absolute Gasteiger partial charge is 0.468 e. The molecule has 0 fully saturated rings. The normalized spacial score (nSPS) is 10.8. The van der Waals surface area contributed by atoms with Gasteiger partial charge in [-0.25, -0.2) is 0 Å². The first-order valence-corrected chi connectivity index (χ1v) is 6.12. The number of H-pyrrole nitrogens is 1. The number of aryl methyl sites for hydroxylation is 2. The molecule has 0 aliphatic carbocycles. The van der Waals surface area contributed by atoms with E-state index in [1.54, 1.807) is 0 Å². The standard InChI is InChI=1S/C13H19N3O2/c1-4-14-7-11-6-12(18-10(11)3)8-17-13-5-9(2)15-16-13/h5-6,14H,4,7-8H2,1-3H3,(H,15,16). The van der Waals surface area contributed by atoms with Crippen molar-refractivity contribution >= 4 is 0 Å². The number of aromatic amines is 1. The van der Waals surface area contributed by atoms with E-state index < -0.39 is 0 Å². The number of nitrogens with zero attached hydrogens (tertiary/aromatic N) is 1. The van der Waals surface area contributed by atoms with Gasteiger partial charge in [-0.3, -0.25) is 5.10 Å². The van der Waals surface area contributed by atoms with Crippen LogP contribution in [-0.4, -0.2) is 16.7 Å². The van der Waals surface area contributed by atoms with Crippen LogP contribution in [0.2, 0.25) is 0 Å². The molecule has 2 heterocycles. The van der Waals surface area contributed by atoms with E-state index in [2.05, 4.69) is 22.4 Å². The maximum Gasteiger partial charge on any atom is 0.233 e. The van der Waals surface area contributed by atoms with E-state index in [-0.39, 0.29) is 0 Å². The second-order valence-corrected chi connectivity index (χ2v) is 4.25. The lowest BCUT2D eigenvalue weighted by molar-refractivity contribution is 0.258. The smallest absolute Gasteiger partial charge is 0.233 e. The number of furan rings is 1. The highest BCUT2D eigenvalue weighted by molar-refractivity contribution is 5.21. The summed E-state index contributed by atoms with van der Waals surface area (Å²) in [7, 11) is 0. The summed E-state index contributed by atoms with van der Waals surface area (Å²) < 4.78 is 11.2. The second-order valence-electron chi connectivity index (χ2n) is 4.25. The summed E-state index contributed by atoms with van der Waals surface area (Å²) in [6.45, 7) is 8.16. The Kier molecular flexibility index (Phi) is 4.04. The average Bonchev–Trinajstić information content (AvgIpc) is 2.91. The molecule has 0 aliphatic heterocycles. The van der Waals surface area contributed by atoms with Crippen molar-refractivity contribution in [2.45, 2.75) is 33.9 Å². The van der Waals surface area contributed by atoms with Gasteiger partial charge in [0.1, 0.15) is 18.1 Å². The number of nitrogens with one attached hydrogen (secondary N) is 2. The quantitative estimate of drug-likeness (QED) is 0.824. The van der Waals surface area contributed by atoms with Crippen LogP contribution >= 0.6 is 0 Å². The predicted octanol–water partition coefficient (Wildman–Crippen LogP) is 2.31. The third-order valence-corrected chi connectivity index (χ3v) is 2.68. The molecule has 0 bridgehead atoms. The average molecular weight is 249 g/mol. The summed E-state index contributed by atoms with van der Waals surface area (Å²) in [4.78, 5) is 0. The van der Waals surface area contributed by atoms with Crippen molar-refractivity contribution in [3.8, 4) is 5.88 Å². The summed E-state index contributed by atoms with van der Waals surface area (Å²) in [5.74, 6) is 2.35. The first kappa shape index (κ1) is 12.7. The minimum absolute atomic E-state index is 0.400. The van der Waals surface area contributed by atoms with Crippen molar-refractivity contribution in [1.82, 2.24) is 15.5 Å². The monoisotopic (exact) mass is 249 g/mol. The molecule has 0 radical (unpaired) electrons. The van der Waals surface area contributed by atoms with Crippen molar-refractivity contribution in [3.05, 3.63) is 34.9 Å². The Morgan fingerprint density at radius 3 is 2.89 bits per heavy atom. The van der Waals surface area contributed by atoms with Gasteiger partial charge < -0.3 is 14.5 Å². The van der Waals surface area contributed by atoms with E-state index in [1.807, 2.05) is 26.0 Å². The molecular formula is C13H19N3O2. The summed E-state index contributed by atoms with van der Waals surface area (Å²) in [6.07, 6.45) is 0. The number of hydrogen-bond donors (Lipinski definition) is 2. The van der Waals surface area contributed by atoms with Gasteiger partial charge in [0.25, 0.3) is 0 Å².